The fourth-order valence-electron chi connectivity index (χ4n) is 5.47. The molecule has 0 saturated heterocycles. The summed E-state index contributed by atoms with van der Waals surface area (Å²) in [7, 11) is 0. The molecule has 0 bridgehead atoms. The molecule has 2 heteroatoms. The highest BCUT2D eigenvalue weighted by Gasteiger charge is 2.25. The summed E-state index contributed by atoms with van der Waals surface area (Å²) in [5.41, 5.74) is 15.4. The molecule has 0 unspecified atom stereocenters. The normalized spacial score (nSPS) is 17.9. The van der Waals surface area contributed by atoms with Gasteiger partial charge in [-0.05, 0) is 98.4 Å². The van der Waals surface area contributed by atoms with E-state index in [1.54, 1.807) is 0 Å². The summed E-state index contributed by atoms with van der Waals surface area (Å²) in [6.07, 6.45) is 16.9. The number of aryl methyl sites for hydroxylation is 1. The highest BCUT2D eigenvalue weighted by atomic mass is 16.5. The summed E-state index contributed by atoms with van der Waals surface area (Å²) in [5.74, 6) is 0.983. The van der Waals surface area contributed by atoms with Crippen LogP contribution in [0.3, 0.4) is 0 Å². The molecule has 1 aromatic carbocycles. The summed E-state index contributed by atoms with van der Waals surface area (Å²) in [6, 6.07) is 11.2. The molecule has 3 aliphatic rings. The van der Waals surface area contributed by atoms with Crippen LogP contribution in [0.1, 0.15) is 74.9 Å². The first-order valence-electron chi connectivity index (χ1n) is 12.9. The lowest BCUT2D eigenvalue weighted by molar-refractivity contribution is 0.238. The van der Waals surface area contributed by atoms with E-state index < -0.39 is 0 Å². The van der Waals surface area contributed by atoms with Crippen LogP contribution in [0.2, 0.25) is 0 Å². The van der Waals surface area contributed by atoms with E-state index >= 15 is 0 Å². The van der Waals surface area contributed by atoms with Gasteiger partial charge in [-0.2, -0.15) is 0 Å². The maximum Gasteiger partial charge on any atom is 0.109 e. The van der Waals surface area contributed by atoms with Crippen molar-refractivity contribution < 1.29 is 4.74 Å². The molecule has 36 heavy (non-hydrogen) atoms. The highest BCUT2D eigenvalue weighted by molar-refractivity contribution is 5.95. The van der Waals surface area contributed by atoms with Crippen LogP contribution in [0.4, 0.5) is 0 Å². The Bertz CT molecular complexity index is 1400. The van der Waals surface area contributed by atoms with Crippen LogP contribution >= 0.6 is 0 Å². The van der Waals surface area contributed by atoms with Gasteiger partial charge in [0.15, 0.2) is 0 Å². The van der Waals surface area contributed by atoms with Crippen LogP contribution < -0.4 is 0 Å². The highest BCUT2D eigenvalue weighted by Crippen LogP contribution is 2.42. The van der Waals surface area contributed by atoms with Gasteiger partial charge in [0.05, 0.1) is 0 Å². The van der Waals surface area contributed by atoms with E-state index in [0.29, 0.717) is 6.61 Å². The van der Waals surface area contributed by atoms with Crippen molar-refractivity contribution >= 4 is 22.8 Å². The summed E-state index contributed by atoms with van der Waals surface area (Å²) in [6.45, 7) is 13.2. The van der Waals surface area contributed by atoms with E-state index in [0.717, 1.165) is 42.6 Å². The fourth-order valence-corrected chi connectivity index (χ4v) is 5.47. The first kappa shape index (κ1) is 24.1. The Kier molecular flexibility index (Phi) is 6.78. The SMILES string of the molecule is C=Cc1ccc(C2=C(CC3=CC=CCC(C)=C3)c3cc(C4=C(C)OCC(C)=C4C)cnc3CC2)cc1. The Labute approximate surface area is 215 Å². The number of hydrogen-bond acceptors (Lipinski definition) is 2. The minimum Gasteiger partial charge on any atom is -0.493 e. The predicted octanol–water partition coefficient (Wildman–Crippen LogP) is 8.90. The zero-order chi connectivity index (χ0) is 25.2. The van der Waals surface area contributed by atoms with Crippen LogP contribution in [0.25, 0.3) is 22.8 Å². The molecule has 2 aliphatic carbocycles. The van der Waals surface area contributed by atoms with Gasteiger partial charge in [0.25, 0.3) is 0 Å². The van der Waals surface area contributed by atoms with E-state index in [-0.39, 0.29) is 0 Å². The number of ether oxygens (including phenoxy) is 1. The minimum atomic E-state index is 0.670. The number of fused-ring (bicyclic) bond motifs is 1. The molecule has 0 amide bonds. The molecular formula is C34H35NO. The van der Waals surface area contributed by atoms with E-state index in [2.05, 4.69) is 88.9 Å². The van der Waals surface area contributed by atoms with Gasteiger partial charge >= 0.3 is 0 Å². The fraction of sp³-hybridized carbons (Fsp3) is 0.265. The molecule has 0 radical (unpaired) electrons. The minimum absolute atomic E-state index is 0.670. The van der Waals surface area contributed by atoms with E-state index in [4.69, 9.17) is 9.72 Å². The van der Waals surface area contributed by atoms with Gasteiger partial charge in [0.1, 0.15) is 12.4 Å². The molecule has 2 nitrogen and oxygen atoms in total. The van der Waals surface area contributed by atoms with Gasteiger partial charge in [0.2, 0.25) is 0 Å². The Morgan fingerprint density at radius 3 is 2.61 bits per heavy atom. The van der Waals surface area contributed by atoms with Gasteiger partial charge in [-0.1, -0.05) is 66.8 Å². The average Bonchev–Trinajstić information content (AvgIpc) is 3.10. The van der Waals surface area contributed by atoms with Crippen molar-refractivity contribution in [2.24, 2.45) is 0 Å². The maximum absolute atomic E-state index is 6.01. The van der Waals surface area contributed by atoms with Gasteiger partial charge in [-0.3, -0.25) is 4.98 Å². The Hall–Kier alpha value is -3.65. The second kappa shape index (κ2) is 10.1. The molecule has 1 aliphatic heterocycles. The molecular weight excluding hydrogens is 438 g/mol. The third kappa shape index (κ3) is 4.73. The molecule has 0 fully saturated rings. The molecule has 2 aromatic rings. The van der Waals surface area contributed by atoms with Crippen LogP contribution in [-0.4, -0.2) is 11.6 Å². The van der Waals surface area contributed by atoms with Crippen molar-refractivity contribution in [1.82, 2.24) is 4.98 Å². The van der Waals surface area contributed by atoms with Crippen LogP contribution in [0.15, 0.2) is 95.5 Å². The van der Waals surface area contributed by atoms with E-state index in [1.165, 1.54) is 55.8 Å². The number of benzene rings is 1. The number of nitrogens with zero attached hydrogens (tertiary/aromatic N) is 1. The molecule has 5 rings (SSSR count). The van der Waals surface area contributed by atoms with Gasteiger partial charge in [-0.15, -0.1) is 0 Å². The number of allylic oxidation sites excluding steroid dienone is 11. The lowest BCUT2D eigenvalue weighted by Crippen LogP contribution is -2.11. The molecule has 2 heterocycles. The zero-order valence-electron chi connectivity index (χ0n) is 21.9. The second-order valence-corrected chi connectivity index (χ2v) is 10.2. The van der Waals surface area contributed by atoms with Gasteiger partial charge in [-0.25, -0.2) is 0 Å². The standard InChI is InChI=1S/C34H35NO/c1-6-26-11-13-28(14-12-26)30-15-16-33-32(31(30)18-27-10-8-7-9-22(2)17-27)19-29(20-35-33)34-24(4)23(3)21-36-25(34)5/h6-8,10-14,17,19-20H,1,9,15-16,18,21H2,2-5H3. The Balaban J connectivity index is 1.67. The topological polar surface area (TPSA) is 22.1 Å². The second-order valence-electron chi connectivity index (χ2n) is 10.2. The molecule has 0 saturated carbocycles. The first-order valence-corrected chi connectivity index (χ1v) is 12.9. The maximum atomic E-state index is 6.01. The van der Waals surface area contributed by atoms with Crippen molar-refractivity contribution in [2.45, 2.75) is 53.4 Å². The molecule has 0 spiro atoms. The Morgan fingerprint density at radius 2 is 1.83 bits per heavy atom. The largest absolute Gasteiger partial charge is 0.493 e. The molecule has 0 atom stereocenters. The van der Waals surface area contributed by atoms with Crippen molar-refractivity contribution in [1.29, 1.82) is 0 Å². The number of aromatic nitrogens is 1. The van der Waals surface area contributed by atoms with E-state index in [1.807, 2.05) is 12.3 Å². The van der Waals surface area contributed by atoms with Crippen molar-refractivity contribution in [3.63, 3.8) is 0 Å². The van der Waals surface area contributed by atoms with Crippen LogP contribution in [-0.2, 0) is 11.2 Å². The lowest BCUT2D eigenvalue weighted by atomic mass is 9.80. The third-order valence-electron chi connectivity index (χ3n) is 7.63. The molecule has 182 valence electrons. The summed E-state index contributed by atoms with van der Waals surface area (Å²) in [5, 5.41) is 0. The quantitative estimate of drug-likeness (QED) is 0.432. The van der Waals surface area contributed by atoms with Crippen LogP contribution in [0.5, 0.6) is 0 Å². The van der Waals surface area contributed by atoms with Gasteiger partial charge in [0, 0.05) is 28.6 Å². The van der Waals surface area contributed by atoms with Crippen LogP contribution in [0, 0.1) is 0 Å². The molecule has 1 aromatic heterocycles. The van der Waals surface area contributed by atoms with Gasteiger partial charge < -0.3 is 4.74 Å². The monoisotopic (exact) mass is 473 g/mol. The number of hydrogen-bond donors (Lipinski definition) is 0. The summed E-state index contributed by atoms with van der Waals surface area (Å²) >= 11 is 0. The van der Waals surface area contributed by atoms with Crippen molar-refractivity contribution in [3.8, 4) is 0 Å². The number of pyridine rings is 1. The van der Waals surface area contributed by atoms with Crippen molar-refractivity contribution in [2.75, 3.05) is 6.61 Å². The smallest absolute Gasteiger partial charge is 0.109 e. The van der Waals surface area contributed by atoms with Crippen molar-refractivity contribution in [3.05, 3.63) is 123 Å². The zero-order valence-corrected chi connectivity index (χ0v) is 21.9. The first-order chi connectivity index (χ1) is 17.4. The number of rotatable bonds is 5. The third-order valence-corrected chi connectivity index (χ3v) is 7.63. The Morgan fingerprint density at radius 1 is 1.03 bits per heavy atom. The molecule has 0 N–H and O–H groups in total. The average molecular weight is 474 g/mol. The summed E-state index contributed by atoms with van der Waals surface area (Å²) in [4.78, 5) is 5.01. The summed E-state index contributed by atoms with van der Waals surface area (Å²) < 4.78 is 6.01. The predicted molar refractivity (Wildman–Crippen MR) is 153 cm³/mol. The lowest BCUT2D eigenvalue weighted by Gasteiger charge is -2.27. The van der Waals surface area contributed by atoms with E-state index in [9.17, 15) is 0 Å².